The third-order valence-corrected chi connectivity index (χ3v) is 4.06. The molecule has 0 aliphatic rings. The molecule has 4 heteroatoms. The Hall–Kier alpha value is -3.01. The minimum absolute atomic E-state index is 0.0991. The summed E-state index contributed by atoms with van der Waals surface area (Å²) in [5, 5.41) is 10.8. The molecule has 0 fully saturated rings. The van der Waals surface area contributed by atoms with Crippen molar-refractivity contribution in [3.63, 3.8) is 0 Å². The molecule has 4 nitrogen and oxygen atoms in total. The van der Waals surface area contributed by atoms with Crippen LogP contribution in [0.4, 0.5) is 0 Å². The summed E-state index contributed by atoms with van der Waals surface area (Å²) in [6.07, 6.45) is 6.11. The first kappa shape index (κ1) is 20.3. The van der Waals surface area contributed by atoms with E-state index in [0.717, 1.165) is 11.1 Å². The van der Waals surface area contributed by atoms with Gasteiger partial charge in [0.15, 0.2) is 0 Å². The van der Waals surface area contributed by atoms with Crippen molar-refractivity contribution in [2.45, 2.75) is 27.2 Å². The number of rotatable bonds is 7. The van der Waals surface area contributed by atoms with Crippen LogP contribution in [0.25, 0.3) is 12.2 Å². The lowest BCUT2D eigenvalue weighted by Crippen LogP contribution is -2.09. The molecule has 0 amide bonds. The highest BCUT2D eigenvalue weighted by Crippen LogP contribution is 2.36. The molecule has 0 saturated carbocycles. The number of allylic oxidation sites excluding steroid dienone is 2. The van der Waals surface area contributed by atoms with E-state index in [4.69, 9.17) is 9.47 Å². The van der Waals surface area contributed by atoms with E-state index >= 15 is 0 Å². The number of aromatic hydroxyl groups is 1. The highest BCUT2D eigenvalue weighted by atomic mass is 16.5. The van der Waals surface area contributed by atoms with Gasteiger partial charge in [-0.05, 0) is 44.4 Å². The Kier molecular flexibility index (Phi) is 7.24. The molecule has 0 saturated heterocycles. The zero-order valence-electron chi connectivity index (χ0n) is 16.3. The van der Waals surface area contributed by atoms with Crippen LogP contribution < -0.4 is 4.74 Å². The SMILES string of the molecule is CCOC(=O)c1c(/C=C/c2ccccc2)cc(OC)c(CC=C(C)C)c1O. The van der Waals surface area contributed by atoms with Crippen molar-refractivity contribution >= 4 is 18.1 Å². The molecule has 27 heavy (non-hydrogen) atoms. The highest BCUT2D eigenvalue weighted by Gasteiger charge is 2.23. The number of esters is 1. The van der Waals surface area contributed by atoms with Gasteiger partial charge in [0.1, 0.15) is 17.1 Å². The first-order chi connectivity index (χ1) is 13.0. The smallest absolute Gasteiger partial charge is 0.342 e. The summed E-state index contributed by atoms with van der Waals surface area (Å²) >= 11 is 0. The molecule has 0 aromatic heterocycles. The van der Waals surface area contributed by atoms with Gasteiger partial charge in [-0.2, -0.15) is 0 Å². The summed E-state index contributed by atoms with van der Waals surface area (Å²) in [6.45, 7) is 5.93. The Morgan fingerprint density at radius 3 is 2.44 bits per heavy atom. The number of phenols is 1. The Morgan fingerprint density at radius 1 is 1.15 bits per heavy atom. The molecule has 0 spiro atoms. The molecule has 142 valence electrons. The number of carbonyl (C=O) groups excluding carboxylic acids is 1. The number of benzene rings is 2. The molecule has 0 bridgehead atoms. The van der Waals surface area contributed by atoms with Crippen molar-refractivity contribution in [1.29, 1.82) is 0 Å². The molecule has 0 atom stereocenters. The summed E-state index contributed by atoms with van der Waals surface area (Å²) in [4.78, 5) is 12.5. The summed E-state index contributed by atoms with van der Waals surface area (Å²) in [7, 11) is 1.55. The number of hydrogen-bond donors (Lipinski definition) is 1. The summed E-state index contributed by atoms with van der Waals surface area (Å²) < 4.78 is 10.6. The fraction of sp³-hybridized carbons (Fsp3) is 0.261. The standard InChI is InChI=1S/C23H26O4/c1-5-27-23(25)21-18(13-12-17-9-7-6-8-10-17)15-20(26-4)19(22(21)24)14-11-16(2)3/h6-13,15,24H,5,14H2,1-4H3/b13-12+. The second-order valence-electron chi connectivity index (χ2n) is 6.32. The van der Waals surface area contributed by atoms with E-state index in [1.165, 1.54) is 0 Å². The molecule has 0 aliphatic carbocycles. The average molecular weight is 366 g/mol. The van der Waals surface area contributed by atoms with Crippen LogP contribution in [-0.2, 0) is 11.2 Å². The lowest BCUT2D eigenvalue weighted by atomic mass is 9.97. The third kappa shape index (κ3) is 5.23. The van der Waals surface area contributed by atoms with Crippen molar-refractivity contribution in [3.05, 3.63) is 70.3 Å². The first-order valence-corrected chi connectivity index (χ1v) is 8.94. The van der Waals surface area contributed by atoms with Crippen molar-refractivity contribution in [1.82, 2.24) is 0 Å². The van der Waals surface area contributed by atoms with E-state index in [0.29, 0.717) is 23.3 Å². The number of ether oxygens (including phenoxy) is 2. The fourth-order valence-corrected chi connectivity index (χ4v) is 2.69. The molecule has 0 unspecified atom stereocenters. The van der Waals surface area contributed by atoms with Gasteiger partial charge in [0.05, 0.1) is 13.7 Å². The van der Waals surface area contributed by atoms with Crippen molar-refractivity contribution in [3.8, 4) is 11.5 Å². The predicted molar refractivity (Wildman–Crippen MR) is 109 cm³/mol. The third-order valence-electron chi connectivity index (χ3n) is 4.06. The van der Waals surface area contributed by atoms with E-state index in [1.807, 2.05) is 56.3 Å². The second kappa shape index (κ2) is 9.62. The van der Waals surface area contributed by atoms with Crippen molar-refractivity contribution in [2.75, 3.05) is 13.7 Å². The summed E-state index contributed by atoms with van der Waals surface area (Å²) in [5.74, 6) is -0.118. The van der Waals surface area contributed by atoms with Crippen LogP contribution in [0.1, 0.15) is 47.8 Å². The molecule has 2 aromatic carbocycles. The number of methoxy groups -OCH3 is 1. The minimum Gasteiger partial charge on any atom is -0.507 e. The zero-order valence-corrected chi connectivity index (χ0v) is 16.3. The quantitative estimate of drug-likeness (QED) is 0.413. The number of carbonyl (C=O) groups is 1. The van der Waals surface area contributed by atoms with Gasteiger partial charge >= 0.3 is 5.97 Å². The molecule has 0 radical (unpaired) electrons. The van der Waals surface area contributed by atoms with Gasteiger partial charge in [-0.15, -0.1) is 0 Å². The van der Waals surface area contributed by atoms with E-state index in [2.05, 4.69) is 0 Å². The Bertz CT molecular complexity index is 844. The zero-order chi connectivity index (χ0) is 19.8. The van der Waals surface area contributed by atoms with E-state index in [9.17, 15) is 9.90 Å². The molecule has 1 N–H and O–H groups in total. The first-order valence-electron chi connectivity index (χ1n) is 8.94. The fourth-order valence-electron chi connectivity index (χ4n) is 2.69. The monoisotopic (exact) mass is 366 g/mol. The Morgan fingerprint density at radius 2 is 1.85 bits per heavy atom. The number of phenolic OH excluding ortho intramolecular Hbond substituents is 1. The lowest BCUT2D eigenvalue weighted by Gasteiger charge is -2.15. The molecule has 2 rings (SSSR count). The minimum atomic E-state index is -0.552. The molecule has 0 aliphatic heterocycles. The van der Waals surface area contributed by atoms with Gasteiger partial charge in [0.2, 0.25) is 0 Å². The van der Waals surface area contributed by atoms with Crippen LogP contribution in [-0.4, -0.2) is 24.8 Å². The molecular weight excluding hydrogens is 340 g/mol. The maximum Gasteiger partial charge on any atom is 0.342 e. The summed E-state index contributed by atoms with van der Waals surface area (Å²) in [6, 6.07) is 11.5. The van der Waals surface area contributed by atoms with Crippen LogP contribution in [0, 0.1) is 0 Å². The molecular formula is C23H26O4. The van der Waals surface area contributed by atoms with Crippen LogP contribution in [0.3, 0.4) is 0 Å². The van der Waals surface area contributed by atoms with Crippen molar-refractivity contribution in [2.24, 2.45) is 0 Å². The van der Waals surface area contributed by atoms with Gasteiger partial charge in [-0.25, -0.2) is 4.79 Å². The second-order valence-corrected chi connectivity index (χ2v) is 6.32. The highest BCUT2D eigenvalue weighted by molar-refractivity contribution is 5.98. The van der Waals surface area contributed by atoms with E-state index in [-0.39, 0.29) is 17.9 Å². The Labute approximate surface area is 160 Å². The molecule has 0 heterocycles. The van der Waals surface area contributed by atoms with Gasteiger partial charge in [0.25, 0.3) is 0 Å². The Balaban J connectivity index is 2.59. The van der Waals surface area contributed by atoms with Crippen LogP contribution in [0.15, 0.2) is 48.0 Å². The summed E-state index contributed by atoms with van der Waals surface area (Å²) in [5.41, 5.74) is 3.37. The van der Waals surface area contributed by atoms with Gasteiger partial charge in [-0.1, -0.05) is 54.1 Å². The van der Waals surface area contributed by atoms with Gasteiger partial charge < -0.3 is 14.6 Å². The van der Waals surface area contributed by atoms with Crippen molar-refractivity contribution < 1.29 is 19.4 Å². The maximum absolute atomic E-state index is 12.5. The number of hydrogen-bond acceptors (Lipinski definition) is 4. The van der Waals surface area contributed by atoms with E-state index < -0.39 is 5.97 Å². The maximum atomic E-state index is 12.5. The largest absolute Gasteiger partial charge is 0.507 e. The predicted octanol–water partition coefficient (Wildman–Crippen LogP) is 5.26. The molecule has 2 aromatic rings. The van der Waals surface area contributed by atoms with E-state index in [1.54, 1.807) is 26.2 Å². The van der Waals surface area contributed by atoms with Crippen LogP contribution >= 0.6 is 0 Å². The normalized spacial score (nSPS) is 10.7. The van der Waals surface area contributed by atoms with Gasteiger partial charge in [0, 0.05) is 5.56 Å². The topological polar surface area (TPSA) is 55.8 Å². The van der Waals surface area contributed by atoms with Crippen LogP contribution in [0.5, 0.6) is 11.5 Å². The average Bonchev–Trinajstić information content (AvgIpc) is 2.65. The lowest BCUT2D eigenvalue weighted by molar-refractivity contribution is 0.0522. The van der Waals surface area contributed by atoms with Gasteiger partial charge in [-0.3, -0.25) is 0 Å². The van der Waals surface area contributed by atoms with Crippen LogP contribution in [0.2, 0.25) is 0 Å².